The van der Waals surface area contributed by atoms with E-state index in [2.05, 4.69) is 25.3 Å². The molecule has 0 saturated heterocycles. The first-order valence-electron chi connectivity index (χ1n) is 6.83. The van der Waals surface area contributed by atoms with E-state index in [0.29, 0.717) is 11.5 Å². The Labute approximate surface area is 152 Å². The van der Waals surface area contributed by atoms with Crippen LogP contribution >= 0.6 is 25.3 Å². The highest BCUT2D eigenvalue weighted by atomic mass is 32.1. The molecule has 0 aromatic rings. The maximum Gasteiger partial charge on any atom is 0.100 e. The van der Waals surface area contributed by atoms with Crippen molar-refractivity contribution in [3.63, 3.8) is 0 Å². The van der Waals surface area contributed by atoms with E-state index in [4.69, 9.17) is 51.1 Å². The number of hydrogen-bond acceptors (Lipinski definition) is 12. The van der Waals surface area contributed by atoms with E-state index in [9.17, 15) is 0 Å². The van der Waals surface area contributed by atoms with Gasteiger partial charge in [0, 0.05) is 11.5 Å². The molecule has 0 rings (SSSR count). The fraction of sp³-hybridized carbons (Fsp3) is 1.00. The van der Waals surface area contributed by atoms with Crippen molar-refractivity contribution in [3.8, 4) is 0 Å². The van der Waals surface area contributed by atoms with Crippen molar-refractivity contribution in [2.45, 2.75) is 24.4 Å². The smallest absolute Gasteiger partial charge is 0.100 e. The third-order valence-corrected chi connectivity index (χ3v) is 2.53. The van der Waals surface area contributed by atoms with E-state index in [1.807, 2.05) is 0 Å². The van der Waals surface area contributed by atoms with Gasteiger partial charge in [-0.1, -0.05) is 0 Å². The van der Waals surface area contributed by atoms with Crippen molar-refractivity contribution < 1.29 is 51.1 Å². The van der Waals surface area contributed by atoms with Crippen molar-refractivity contribution in [1.82, 2.24) is 0 Å². The van der Waals surface area contributed by atoms with Crippen LogP contribution in [-0.2, 0) is 0 Å². The van der Waals surface area contributed by atoms with E-state index >= 15 is 0 Å². The van der Waals surface area contributed by atoms with Gasteiger partial charge in [-0.2, -0.15) is 25.3 Å². The molecular weight excluding hydrogens is 368 g/mol. The lowest BCUT2D eigenvalue weighted by molar-refractivity contribution is 0.0450. The third-order valence-electron chi connectivity index (χ3n) is 1.69. The Balaban J connectivity index is -0.000000111. The minimum absolute atomic E-state index is 0.191. The molecule has 2 atom stereocenters. The van der Waals surface area contributed by atoms with E-state index in [-0.39, 0.29) is 39.6 Å². The Kier molecular flexibility index (Phi) is 37.5. The first-order valence-corrected chi connectivity index (χ1v) is 8.09. The van der Waals surface area contributed by atoms with E-state index in [1.165, 1.54) is 0 Å². The van der Waals surface area contributed by atoms with Crippen LogP contribution in [0, 0.1) is 0 Å². The Morgan fingerprint density at radius 2 is 0.583 bits per heavy atom. The molecule has 24 heavy (non-hydrogen) atoms. The van der Waals surface area contributed by atoms with Crippen LogP contribution in [0.5, 0.6) is 0 Å². The summed E-state index contributed by atoms with van der Waals surface area (Å²) >= 11 is 7.37. The summed E-state index contributed by atoms with van der Waals surface area (Å²) in [7, 11) is 0. The topological polar surface area (TPSA) is 202 Å². The summed E-state index contributed by atoms with van der Waals surface area (Å²) in [6.45, 7) is -1.84. The molecule has 0 aliphatic rings. The summed E-state index contributed by atoms with van der Waals surface area (Å²) < 4.78 is 0. The van der Waals surface area contributed by atoms with Gasteiger partial charge in [-0.15, -0.1) is 0 Å². The standard InChI is InChI=1S/2C3H8O3.2C3H8O2S/c2*4-1-3(6)2-5;2*4-1-3(5)2-6/h4*3-6H,1-2H2. The lowest BCUT2D eigenvalue weighted by atomic mass is 10.4. The molecule has 10 N–H and O–H groups in total. The Bertz CT molecular complexity index is 149. The summed E-state index contributed by atoms with van der Waals surface area (Å²) in [4.78, 5) is 0. The lowest BCUT2D eigenvalue weighted by Gasteiger charge is -1.96. The second-order valence-corrected chi connectivity index (χ2v) is 4.81. The Morgan fingerprint density at radius 3 is 0.583 bits per heavy atom. The maximum absolute atomic E-state index is 8.34. The van der Waals surface area contributed by atoms with Crippen molar-refractivity contribution in [3.05, 3.63) is 0 Å². The van der Waals surface area contributed by atoms with Gasteiger partial charge in [0.2, 0.25) is 0 Å². The van der Waals surface area contributed by atoms with Crippen LogP contribution in [0.15, 0.2) is 0 Å². The zero-order valence-corrected chi connectivity index (χ0v) is 15.1. The Morgan fingerprint density at radius 1 is 0.417 bits per heavy atom. The number of thiol groups is 2. The number of rotatable bonds is 8. The molecule has 0 heterocycles. The molecule has 12 heteroatoms. The molecule has 0 fully saturated rings. The van der Waals surface area contributed by atoms with E-state index in [0.717, 1.165) is 0 Å². The molecule has 0 aliphatic heterocycles. The van der Waals surface area contributed by atoms with Crippen molar-refractivity contribution >= 4 is 25.3 Å². The van der Waals surface area contributed by atoms with E-state index < -0.39 is 24.4 Å². The third kappa shape index (κ3) is 38.1. The fourth-order valence-corrected chi connectivity index (χ4v) is 0.462. The van der Waals surface area contributed by atoms with Crippen molar-refractivity contribution in [2.24, 2.45) is 0 Å². The van der Waals surface area contributed by atoms with Crippen LogP contribution in [-0.4, -0.2) is 127 Å². The van der Waals surface area contributed by atoms with Crippen LogP contribution in [0.1, 0.15) is 0 Å². The lowest BCUT2D eigenvalue weighted by Crippen LogP contribution is -2.15. The molecule has 0 aliphatic carbocycles. The average molecular weight is 401 g/mol. The summed E-state index contributed by atoms with van der Waals surface area (Å²) in [6.07, 6.45) is -3.20. The summed E-state index contributed by atoms with van der Waals surface area (Å²) in [6, 6.07) is 0. The number of aliphatic hydroxyl groups excluding tert-OH is 10. The molecule has 0 spiro atoms. The molecule has 0 aromatic heterocycles. The molecule has 2 unspecified atom stereocenters. The van der Waals surface area contributed by atoms with Crippen LogP contribution in [0.25, 0.3) is 0 Å². The first-order chi connectivity index (χ1) is 11.2. The van der Waals surface area contributed by atoms with Gasteiger partial charge in [0.05, 0.1) is 51.8 Å². The van der Waals surface area contributed by atoms with Gasteiger partial charge in [-0.3, -0.25) is 0 Å². The zero-order valence-electron chi connectivity index (χ0n) is 13.3. The molecule has 0 amide bonds. The zero-order chi connectivity index (χ0) is 20.0. The van der Waals surface area contributed by atoms with Crippen molar-refractivity contribution in [2.75, 3.05) is 51.1 Å². The molecule has 0 saturated carbocycles. The van der Waals surface area contributed by atoms with Crippen LogP contribution in [0.4, 0.5) is 0 Å². The highest BCUT2D eigenvalue weighted by molar-refractivity contribution is 7.80. The molecule has 152 valence electrons. The highest BCUT2D eigenvalue weighted by Crippen LogP contribution is 1.81. The van der Waals surface area contributed by atoms with Crippen LogP contribution < -0.4 is 0 Å². The normalized spacial score (nSPS) is 12.2. The summed E-state index contributed by atoms with van der Waals surface area (Å²) in [5.41, 5.74) is 0. The molecular formula is C12H32O10S2. The number of hydrogen-bond donors (Lipinski definition) is 12. The maximum atomic E-state index is 8.34. The minimum atomic E-state index is -0.954. The second-order valence-electron chi connectivity index (χ2n) is 4.08. The molecule has 0 radical (unpaired) electrons. The highest BCUT2D eigenvalue weighted by Gasteiger charge is 1.94. The quantitative estimate of drug-likeness (QED) is 0.175. The molecule has 10 nitrogen and oxygen atoms in total. The Hall–Kier alpha value is 0.300. The van der Waals surface area contributed by atoms with E-state index in [1.54, 1.807) is 0 Å². The molecule has 0 aromatic carbocycles. The van der Waals surface area contributed by atoms with Crippen LogP contribution in [0.3, 0.4) is 0 Å². The monoisotopic (exact) mass is 400 g/mol. The van der Waals surface area contributed by atoms with Gasteiger partial charge < -0.3 is 51.1 Å². The van der Waals surface area contributed by atoms with Crippen LogP contribution in [0.2, 0.25) is 0 Å². The largest absolute Gasteiger partial charge is 0.394 e. The van der Waals surface area contributed by atoms with Gasteiger partial charge >= 0.3 is 0 Å². The molecule has 0 bridgehead atoms. The first kappa shape index (κ1) is 32.0. The average Bonchev–Trinajstić information content (AvgIpc) is 2.66. The summed E-state index contributed by atoms with van der Waals surface area (Å²) in [5, 5.41) is 80.8. The second kappa shape index (κ2) is 28.1. The van der Waals surface area contributed by atoms with Gasteiger partial charge in [0.15, 0.2) is 0 Å². The van der Waals surface area contributed by atoms with Gasteiger partial charge in [-0.25, -0.2) is 0 Å². The predicted octanol–water partition coefficient (Wildman–Crippen LogP) is -4.80. The van der Waals surface area contributed by atoms with Gasteiger partial charge in [0.25, 0.3) is 0 Å². The summed E-state index contributed by atoms with van der Waals surface area (Å²) in [5.74, 6) is 0.660. The minimum Gasteiger partial charge on any atom is -0.394 e. The fourth-order valence-electron chi connectivity index (χ4n) is 0.231. The SMILES string of the molecule is OCC(O)CO.OCC(O)CO.OCC(O)CS.OCC(O)CS. The predicted molar refractivity (Wildman–Crippen MR) is 94.2 cm³/mol. The van der Waals surface area contributed by atoms with Crippen molar-refractivity contribution in [1.29, 1.82) is 0 Å². The van der Waals surface area contributed by atoms with Gasteiger partial charge in [0.1, 0.15) is 12.2 Å². The number of aliphatic hydroxyl groups is 10. The van der Waals surface area contributed by atoms with Gasteiger partial charge in [-0.05, 0) is 0 Å².